The molecule has 0 aliphatic heterocycles. The standard InChI is InChI=1S/C19H13ClN2O2/c20-15-7-12-5-6-24-19(12)14(8-15)9-18(23)22-17-11-21-10-13-3-1-2-4-16(13)17/h1-8,10-11H,9H2,(H,22,23). The first kappa shape index (κ1) is 14.7. The quantitative estimate of drug-likeness (QED) is 0.583. The molecular weight excluding hydrogens is 324 g/mol. The van der Waals surface area contributed by atoms with Crippen LogP contribution < -0.4 is 5.32 Å². The molecule has 0 aliphatic rings. The SMILES string of the molecule is O=C(Cc1cc(Cl)cc2ccoc12)Nc1cncc2ccccc12. The Bertz CT molecular complexity index is 1050. The summed E-state index contributed by atoms with van der Waals surface area (Å²) in [5.41, 5.74) is 2.13. The highest BCUT2D eigenvalue weighted by atomic mass is 35.5. The normalized spacial score (nSPS) is 11.0. The van der Waals surface area contributed by atoms with Gasteiger partial charge in [0.25, 0.3) is 0 Å². The lowest BCUT2D eigenvalue weighted by Gasteiger charge is -2.09. The molecule has 0 atom stereocenters. The molecule has 0 unspecified atom stereocenters. The highest BCUT2D eigenvalue weighted by Gasteiger charge is 2.12. The lowest BCUT2D eigenvalue weighted by Crippen LogP contribution is -2.15. The highest BCUT2D eigenvalue weighted by Crippen LogP contribution is 2.26. The zero-order chi connectivity index (χ0) is 16.5. The fraction of sp³-hybridized carbons (Fsp3) is 0.0526. The second-order valence-electron chi connectivity index (χ2n) is 5.54. The van der Waals surface area contributed by atoms with Gasteiger partial charge in [-0.25, -0.2) is 0 Å². The van der Waals surface area contributed by atoms with Crippen molar-refractivity contribution in [3.8, 4) is 0 Å². The van der Waals surface area contributed by atoms with Crippen molar-refractivity contribution in [1.29, 1.82) is 0 Å². The largest absolute Gasteiger partial charge is 0.464 e. The van der Waals surface area contributed by atoms with E-state index in [1.807, 2.05) is 36.4 Å². The van der Waals surface area contributed by atoms with E-state index in [4.69, 9.17) is 16.0 Å². The van der Waals surface area contributed by atoms with Crippen molar-refractivity contribution >= 4 is 44.9 Å². The maximum Gasteiger partial charge on any atom is 0.228 e. The van der Waals surface area contributed by atoms with Crippen LogP contribution in [0.4, 0.5) is 5.69 Å². The van der Waals surface area contributed by atoms with Crippen LogP contribution >= 0.6 is 11.6 Å². The molecule has 4 nitrogen and oxygen atoms in total. The van der Waals surface area contributed by atoms with Gasteiger partial charge in [-0.1, -0.05) is 35.9 Å². The number of carbonyl (C=O) groups is 1. The molecule has 0 saturated carbocycles. The van der Waals surface area contributed by atoms with Crippen LogP contribution in [0, 0.1) is 0 Å². The topological polar surface area (TPSA) is 55.1 Å². The van der Waals surface area contributed by atoms with E-state index in [-0.39, 0.29) is 12.3 Å². The van der Waals surface area contributed by atoms with E-state index in [1.54, 1.807) is 24.7 Å². The van der Waals surface area contributed by atoms with E-state index in [0.29, 0.717) is 16.3 Å². The maximum atomic E-state index is 12.5. The first-order chi connectivity index (χ1) is 11.7. The number of furan rings is 1. The van der Waals surface area contributed by atoms with Crippen molar-refractivity contribution in [3.05, 3.63) is 71.7 Å². The molecule has 0 aliphatic carbocycles. The van der Waals surface area contributed by atoms with Gasteiger partial charge in [0.05, 0.1) is 24.6 Å². The number of halogens is 1. The van der Waals surface area contributed by atoms with Gasteiger partial charge >= 0.3 is 0 Å². The van der Waals surface area contributed by atoms with Gasteiger partial charge in [-0.3, -0.25) is 9.78 Å². The van der Waals surface area contributed by atoms with E-state index in [2.05, 4.69) is 10.3 Å². The number of rotatable bonds is 3. The fourth-order valence-corrected chi connectivity index (χ4v) is 3.08. The van der Waals surface area contributed by atoms with Crippen LogP contribution in [-0.2, 0) is 11.2 Å². The Morgan fingerprint density at radius 3 is 2.92 bits per heavy atom. The average molecular weight is 337 g/mol. The first-order valence-corrected chi connectivity index (χ1v) is 7.87. The monoisotopic (exact) mass is 336 g/mol. The van der Waals surface area contributed by atoms with Crippen LogP contribution in [0.25, 0.3) is 21.7 Å². The molecule has 2 aromatic carbocycles. The molecule has 1 N–H and O–H groups in total. The van der Waals surface area contributed by atoms with E-state index >= 15 is 0 Å². The number of nitrogens with one attached hydrogen (secondary N) is 1. The second-order valence-corrected chi connectivity index (χ2v) is 5.97. The smallest absolute Gasteiger partial charge is 0.228 e. The molecule has 0 fully saturated rings. The van der Waals surface area contributed by atoms with Crippen LogP contribution in [0.2, 0.25) is 5.02 Å². The molecule has 2 aromatic heterocycles. The summed E-state index contributed by atoms with van der Waals surface area (Å²) >= 11 is 6.12. The van der Waals surface area contributed by atoms with Crippen molar-refractivity contribution < 1.29 is 9.21 Å². The number of anilines is 1. The Morgan fingerprint density at radius 2 is 2.00 bits per heavy atom. The molecule has 4 aromatic rings. The Morgan fingerprint density at radius 1 is 1.12 bits per heavy atom. The van der Waals surface area contributed by atoms with Gasteiger partial charge in [-0.2, -0.15) is 0 Å². The Hall–Kier alpha value is -2.85. The van der Waals surface area contributed by atoms with Crippen LogP contribution in [0.3, 0.4) is 0 Å². The van der Waals surface area contributed by atoms with Gasteiger partial charge in [0, 0.05) is 32.9 Å². The van der Waals surface area contributed by atoms with Gasteiger partial charge in [0.15, 0.2) is 0 Å². The number of pyridine rings is 1. The van der Waals surface area contributed by atoms with Crippen molar-refractivity contribution in [2.75, 3.05) is 5.32 Å². The van der Waals surface area contributed by atoms with Crippen molar-refractivity contribution in [2.24, 2.45) is 0 Å². The van der Waals surface area contributed by atoms with Crippen LogP contribution in [0.1, 0.15) is 5.56 Å². The molecule has 24 heavy (non-hydrogen) atoms. The summed E-state index contributed by atoms with van der Waals surface area (Å²) in [4.78, 5) is 16.7. The maximum absolute atomic E-state index is 12.5. The van der Waals surface area contributed by atoms with Gasteiger partial charge in [-0.15, -0.1) is 0 Å². The molecular formula is C19H13ClN2O2. The number of nitrogens with zero attached hydrogens (tertiary/aromatic N) is 1. The molecule has 0 radical (unpaired) electrons. The summed E-state index contributed by atoms with van der Waals surface area (Å²) < 4.78 is 5.47. The van der Waals surface area contributed by atoms with Crippen molar-refractivity contribution in [1.82, 2.24) is 4.98 Å². The highest BCUT2D eigenvalue weighted by molar-refractivity contribution is 6.31. The predicted molar refractivity (Wildman–Crippen MR) is 95.3 cm³/mol. The summed E-state index contributed by atoms with van der Waals surface area (Å²) in [6.07, 6.45) is 5.19. The summed E-state index contributed by atoms with van der Waals surface area (Å²) in [5.74, 6) is -0.145. The third-order valence-electron chi connectivity index (χ3n) is 3.89. The van der Waals surface area contributed by atoms with E-state index in [0.717, 1.165) is 21.7 Å². The predicted octanol–water partition coefficient (Wildman–Crippen LogP) is 4.82. The van der Waals surface area contributed by atoms with E-state index in [9.17, 15) is 4.79 Å². The lowest BCUT2D eigenvalue weighted by atomic mass is 10.1. The molecule has 118 valence electrons. The Kier molecular flexibility index (Phi) is 3.67. The number of carbonyl (C=O) groups excluding carboxylic acids is 1. The molecule has 0 saturated heterocycles. The zero-order valence-corrected chi connectivity index (χ0v) is 13.4. The van der Waals surface area contributed by atoms with Crippen molar-refractivity contribution in [3.63, 3.8) is 0 Å². The Balaban J connectivity index is 1.63. The van der Waals surface area contributed by atoms with Crippen molar-refractivity contribution in [2.45, 2.75) is 6.42 Å². The van der Waals surface area contributed by atoms with Gasteiger partial charge in [0.1, 0.15) is 5.58 Å². The first-order valence-electron chi connectivity index (χ1n) is 7.49. The summed E-state index contributed by atoms with van der Waals surface area (Å²) in [7, 11) is 0. The average Bonchev–Trinajstić information content (AvgIpc) is 3.03. The van der Waals surface area contributed by atoms with E-state index < -0.39 is 0 Å². The summed E-state index contributed by atoms with van der Waals surface area (Å²) in [6.45, 7) is 0. The second kappa shape index (κ2) is 5.98. The minimum absolute atomic E-state index is 0.145. The lowest BCUT2D eigenvalue weighted by molar-refractivity contribution is -0.115. The molecule has 1 amide bonds. The third kappa shape index (κ3) is 2.72. The number of hydrogen-bond acceptors (Lipinski definition) is 3. The molecule has 5 heteroatoms. The number of fused-ring (bicyclic) bond motifs is 2. The van der Waals surface area contributed by atoms with Crippen LogP contribution in [-0.4, -0.2) is 10.9 Å². The van der Waals surface area contributed by atoms with Crippen LogP contribution in [0.15, 0.2) is 65.5 Å². The minimum atomic E-state index is -0.145. The molecule has 2 heterocycles. The minimum Gasteiger partial charge on any atom is -0.464 e. The van der Waals surface area contributed by atoms with Gasteiger partial charge in [0.2, 0.25) is 5.91 Å². The van der Waals surface area contributed by atoms with E-state index in [1.165, 1.54) is 0 Å². The summed E-state index contributed by atoms with van der Waals surface area (Å²) in [5, 5.41) is 6.32. The number of benzene rings is 2. The molecule has 4 rings (SSSR count). The summed E-state index contributed by atoms with van der Waals surface area (Å²) in [6, 6.07) is 13.2. The number of aromatic nitrogens is 1. The zero-order valence-electron chi connectivity index (χ0n) is 12.6. The molecule has 0 spiro atoms. The number of hydrogen-bond donors (Lipinski definition) is 1. The van der Waals surface area contributed by atoms with Gasteiger partial charge < -0.3 is 9.73 Å². The third-order valence-corrected chi connectivity index (χ3v) is 4.10. The Labute approximate surface area is 143 Å². The molecule has 0 bridgehead atoms. The fourth-order valence-electron chi connectivity index (χ4n) is 2.83. The van der Waals surface area contributed by atoms with Crippen LogP contribution in [0.5, 0.6) is 0 Å². The number of amides is 1. The van der Waals surface area contributed by atoms with Gasteiger partial charge in [-0.05, 0) is 18.2 Å².